The van der Waals surface area contributed by atoms with Gasteiger partial charge in [0.2, 0.25) is 0 Å². The Labute approximate surface area is 120 Å². The van der Waals surface area contributed by atoms with Crippen LogP contribution in [0, 0.1) is 0 Å². The number of para-hydroxylation sites is 2. The Bertz CT molecular complexity index is 540. The van der Waals surface area contributed by atoms with E-state index >= 15 is 0 Å². The maximum Gasteiger partial charge on any atom is 0.123 e. The normalized spacial score (nSPS) is 10.3. The Hall–Kier alpha value is -2.00. The third-order valence-corrected chi connectivity index (χ3v) is 3.10. The molecule has 0 bridgehead atoms. The van der Waals surface area contributed by atoms with E-state index in [-0.39, 0.29) is 0 Å². The smallest absolute Gasteiger partial charge is 0.123 e. The zero-order valence-electron chi connectivity index (χ0n) is 12.1. The highest BCUT2D eigenvalue weighted by atomic mass is 16.5. The van der Waals surface area contributed by atoms with Crippen LogP contribution in [0.4, 0.5) is 0 Å². The second kappa shape index (κ2) is 7.56. The molecule has 2 rings (SSSR count). The minimum Gasteiger partial charge on any atom is -0.496 e. The lowest BCUT2D eigenvalue weighted by molar-refractivity contribution is 0.335. The zero-order valence-corrected chi connectivity index (χ0v) is 12.1. The van der Waals surface area contributed by atoms with Gasteiger partial charge in [0.1, 0.15) is 11.5 Å². The fourth-order valence-corrected chi connectivity index (χ4v) is 2.13. The van der Waals surface area contributed by atoms with Crippen LogP contribution in [-0.2, 0) is 13.1 Å². The van der Waals surface area contributed by atoms with Crippen molar-refractivity contribution in [3.05, 3.63) is 59.7 Å². The molecule has 0 aliphatic rings. The monoisotopic (exact) mass is 271 g/mol. The zero-order chi connectivity index (χ0) is 14.2. The van der Waals surface area contributed by atoms with Crippen LogP contribution in [0.3, 0.4) is 0 Å². The van der Waals surface area contributed by atoms with Gasteiger partial charge in [-0.3, -0.25) is 0 Å². The van der Waals surface area contributed by atoms with Crippen molar-refractivity contribution >= 4 is 0 Å². The Kier molecular flexibility index (Phi) is 5.44. The lowest BCUT2D eigenvalue weighted by Crippen LogP contribution is -2.14. The average Bonchev–Trinajstić information content (AvgIpc) is 2.50. The van der Waals surface area contributed by atoms with Gasteiger partial charge in [-0.25, -0.2) is 0 Å². The molecule has 0 heterocycles. The SMILES string of the molecule is CCOc1ccccc1CNCc1ccccc1OC. The van der Waals surface area contributed by atoms with Crippen molar-refractivity contribution in [1.82, 2.24) is 5.32 Å². The van der Waals surface area contributed by atoms with Crippen molar-refractivity contribution < 1.29 is 9.47 Å². The topological polar surface area (TPSA) is 30.5 Å². The first kappa shape index (κ1) is 14.4. The van der Waals surface area contributed by atoms with Gasteiger partial charge in [-0.05, 0) is 19.1 Å². The van der Waals surface area contributed by atoms with Crippen molar-refractivity contribution in [2.45, 2.75) is 20.0 Å². The first-order valence-corrected chi connectivity index (χ1v) is 6.88. The van der Waals surface area contributed by atoms with Gasteiger partial charge < -0.3 is 14.8 Å². The molecule has 0 spiro atoms. The van der Waals surface area contributed by atoms with E-state index in [1.54, 1.807) is 7.11 Å². The number of nitrogens with one attached hydrogen (secondary N) is 1. The number of hydrogen-bond donors (Lipinski definition) is 1. The van der Waals surface area contributed by atoms with Crippen LogP contribution >= 0.6 is 0 Å². The Balaban J connectivity index is 1.96. The summed E-state index contributed by atoms with van der Waals surface area (Å²) in [7, 11) is 1.70. The van der Waals surface area contributed by atoms with Crippen LogP contribution in [0.1, 0.15) is 18.1 Å². The minimum absolute atomic E-state index is 0.684. The van der Waals surface area contributed by atoms with E-state index in [0.29, 0.717) is 6.61 Å². The summed E-state index contributed by atoms with van der Waals surface area (Å²) in [6.07, 6.45) is 0. The summed E-state index contributed by atoms with van der Waals surface area (Å²) in [5.41, 5.74) is 2.33. The number of benzene rings is 2. The largest absolute Gasteiger partial charge is 0.496 e. The predicted molar refractivity (Wildman–Crippen MR) is 81.1 cm³/mol. The second-order valence-corrected chi connectivity index (χ2v) is 4.46. The molecule has 3 heteroatoms. The van der Waals surface area contributed by atoms with Gasteiger partial charge in [0.15, 0.2) is 0 Å². The van der Waals surface area contributed by atoms with Gasteiger partial charge in [-0.2, -0.15) is 0 Å². The molecule has 0 aromatic heterocycles. The van der Waals surface area contributed by atoms with Gasteiger partial charge >= 0.3 is 0 Å². The predicted octanol–water partition coefficient (Wildman–Crippen LogP) is 3.38. The number of hydrogen-bond acceptors (Lipinski definition) is 3. The summed E-state index contributed by atoms with van der Waals surface area (Å²) in [5, 5.41) is 3.43. The van der Waals surface area contributed by atoms with Crippen LogP contribution in [0.25, 0.3) is 0 Å². The second-order valence-electron chi connectivity index (χ2n) is 4.46. The Morgan fingerprint density at radius 1 is 0.850 bits per heavy atom. The molecule has 20 heavy (non-hydrogen) atoms. The summed E-state index contributed by atoms with van der Waals surface area (Å²) in [6.45, 7) is 4.22. The van der Waals surface area contributed by atoms with Crippen LogP contribution in [0.2, 0.25) is 0 Å². The highest BCUT2D eigenvalue weighted by molar-refractivity contribution is 5.34. The Morgan fingerprint density at radius 3 is 2.00 bits per heavy atom. The van der Waals surface area contributed by atoms with Crippen molar-refractivity contribution in [3.63, 3.8) is 0 Å². The molecule has 1 N–H and O–H groups in total. The van der Waals surface area contributed by atoms with E-state index in [0.717, 1.165) is 30.2 Å². The van der Waals surface area contributed by atoms with Crippen molar-refractivity contribution in [3.8, 4) is 11.5 Å². The summed E-state index contributed by atoms with van der Waals surface area (Å²) < 4.78 is 11.0. The lowest BCUT2D eigenvalue weighted by Gasteiger charge is -2.12. The Morgan fingerprint density at radius 2 is 1.40 bits per heavy atom. The van der Waals surface area contributed by atoms with E-state index in [2.05, 4.69) is 17.4 Å². The molecule has 0 aliphatic carbocycles. The van der Waals surface area contributed by atoms with E-state index in [9.17, 15) is 0 Å². The molecular weight excluding hydrogens is 250 g/mol. The average molecular weight is 271 g/mol. The van der Waals surface area contributed by atoms with Gasteiger partial charge in [0, 0.05) is 24.2 Å². The summed E-state index contributed by atoms with van der Waals surface area (Å²) in [4.78, 5) is 0. The lowest BCUT2D eigenvalue weighted by atomic mass is 10.1. The van der Waals surface area contributed by atoms with Crippen molar-refractivity contribution in [2.75, 3.05) is 13.7 Å². The van der Waals surface area contributed by atoms with E-state index in [1.807, 2.05) is 43.3 Å². The standard InChI is InChI=1S/C17H21NO2/c1-3-20-17-11-7-5-9-15(17)13-18-12-14-8-4-6-10-16(14)19-2/h4-11,18H,3,12-13H2,1-2H3. The molecule has 0 fully saturated rings. The molecule has 3 nitrogen and oxygen atoms in total. The molecule has 0 saturated carbocycles. The van der Waals surface area contributed by atoms with Crippen LogP contribution < -0.4 is 14.8 Å². The molecule has 0 atom stereocenters. The molecule has 0 amide bonds. The number of methoxy groups -OCH3 is 1. The van der Waals surface area contributed by atoms with Crippen LogP contribution in [-0.4, -0.2) is 13.7 Å². The fourth-order valence-electron chi connectivity index (χ4n) is 2.13. The highest BCUT2D eigenvalue weighted by Crippen LogP contribution is 2.19. The molecule has 0 saturated heterocycles. The summed E-state index contributed by atoms with van der Waals surface area (Å²) in [5.74, 6) is 1.86. The van der Waals surface area contributed by atoms with Gasteiger partial charge in [0.25, 0.3) is 0 Å². The van der Waals surface area contributed by atoms with Gasteiger partial charge in [0.05, 0.1) is 13.7 Å². The van der Waals surface area contributed by atoms with E-state index < -0.39 is 0 Å². The first-order valence-electron chi connectivity index (χ1n) is 6.88. The van der Waals surface area contributed by atoms with Crippen LogP contribution in [0.5, 0.6) is 11.5 Å². The molecule has 0 radical (unpaired) electrons. The third kappa shape index (κ3) is 3.75. The van der Waals surface area contributed by atoms with Crippen LogP contribution in [0.15, 0.2) is 48.5 Å². The summed E-state index contributed by atoms with van der Waals surface area (Å²) in [6, 6.07) is 16.2. The van der Waals surface area contributed by atoms with E-state index in [4.69, 9.17) is 9.47 Å². The number of ether oxygens (including phenoxy) is 2. The molecule has 0 aliphatic heterocycles. The maximum atomic E-state index is 5.62. The molecule has 2 aromatic rings. The molecule has 106 valence electrons. The minimum atomic E-state index is 0.684. The quantitative estimate of drug-likeness (QED) is 0.837. The molecule has 2 aromatic carbocycles. The third-order valence-electron chi connectivity index (χ3n) is 3.10. The maximum absolute atomic E-state index is 5.62. The van der Waals surface area contributed by atoms with Crippen molar-refractivity contribution in [2.24, 2.45) is 0 Å². The summed E-state index contributed by atoms with van der Waals surface area (Å²) >= 11 is 0. The number of rotatable bonds is 7. The fraction of sp³-hybridized carbons (Fsp3) is 0.294. The van der Waals surface area contributed by atoms with Crippen molar-refractivity contribution in [1.29, 1.82) is 0 Å². The first-order chi connectivity index (χ1) is 9.85. The molecular formula is C17H21NO2. The highest BCUT2D eigenvalue weighted by Gasteiger charge is 2.04. The van der Waals surface area contributed by atoms with E-state index in [1.165, 1.54) is 5.56 Å². The van der Waals surface area contributed by atoms with Gasteiger partial charge in [-0.1, -0.05) is 36.4 Å². The van der Waals surface area contributed by atoms with Gasteiger partial charge in [-0.15, -0.1) is 0 Å². The molecule has 0 unspecified atom stereocenters.